The van der Waals surface area contributed by atoms with Gasteiger partial charge in [0.2, 0.25) is 0 Å². The number of hydrogen-bond donors (Lipinski definition) is 1. The Morgan fingerprint density at radius 3 is 2.47 bits per heavy atom. The van der Waals surface area contributed by atoms with Crippen LogP contribution in [-0.4, -0.2) is 20.2 Å². The molecule has 0 heterocycles. The Labute approximate surface area is 117 Å². The average molecular weight is 282 g/mol. The van der Waals surface area contributed by atoms with Gasteiger partial charge >= 0.3 is 5.97 Å². The second-order valence-corrected chi connectivity index (χ2v) is 3.90. The molecule has 1 atom stereocenters. The van der Waals surface area contributed by atoms with E-state index in [1.807, 2.05) is 30.3 Å². The lowest BCUT2D eigenvalue weighted by Crippen LogP contribution is -2.23. The van der Waals surface area contributed by atoms with Gasteiger partial charge in [-0.25, -0.2) is 0 Å². The van der Waals surface area contributed by atoms with Crippen LogP contribution >= 0.6 is 12.4 Å². The predicted octanol–water partition coefficient (Wildman–Crippen LogP) is 2.44. The smallest absolute Gasteiger partial charge is 0.327 e. The minimum absolute atomic E-state index is 0. The van der Waals surface area contributed by atoms with Gasteiger partial charge in [0.05, 0.1) is 14.2 Å². The third-order valence-electron chi connectivity index (χ3n) is 2.92. The van der Waals surface area contributed by atoms with Crippen molar-refractivity contribution in [1.82, 2.24) is 0 Å². The SMILES string of the molecule is COC(=O)[C@H](N)c1c(OC)ccc2ccccc12.Cl. The molecule has 0 amide bonds. The van der Waals surface area contributed by atoms with Gasteiger partial charge in [-0.1, -0.05) is 30.3 Å². The highest BCUT2D eigenvalue weighted by Gasteiger charge is 2.22. The van der Waals surface area contributed by atoms with Crippen LogP contribution in [0.25, 0.3) is 10.8 Å². The second kappa shape index (κ2) is 6.41. The zero-order chi connectivity index (χ0) is 13.1. The zero-order valence-electron chi connectivity index (χ0n) is 10.8. The first-order valence-electron chi connectivity index (χ1n) is 5.58. The number of fused-ring (bicyclic) bond motifs is 1. The molecule has 0 aromatic heterocycles. The third kappa shape index (κ3) is 2.80. The topological polar surface area (TPSA) is 61.5 Å². The molecule has 2 rings (SSSR count). The fourth-order valence-corrected chi connectivity index (χ4v) is 2.02. The summed E-state index contributed by atoms with van der Waals surface area (Å²) < 4.78 is 9.98. The number of halogens is 1. The maximum atomic E-state index is 11.6. The fraction of sp³-hybridized carbons (Fsp3) is 0.214. The molecule has 0 saturated carbocycles. The fourth-order valence-electron chi connectivity index (χ4n) is 2.02. The molecule has 5 heteroatoms. The number of rotatable bonds is 3. The molecule has 19 heavy (non-hydrogen) atoms. The number of benzene rings is 2. The van der Waals surface area contributed by atoms with E-state index in [-0.39, 0.29) is 12.4 Å². The lowest BCUT2D eigenvalue weighted by atomic mass is 9.98. The van der Waals surface area contributed by atoms with Crippen LogP contribution in [0.2, 0.25) is 0 Å². The molecule has 0 aliphatic rings. The second-order valence-electron chi connectivity index (χ2n) is 3.90. The van der Waals surface area contributed by atoms with E-state index in [9.17, 15) is 4.79 Å². The van der Waals surface area contributed by atoms with Crippen LogP contribution in [0.5, 0.6) is 5.75 Å². The number of carbonyl (C=O) groups excluding carboxylic acids is 1. The van der Waals surface area contributed by atoms with Gasteiger partial charge in [-0.15, -0.1) is 12.4 Å². The van der Waals surface area contributed by atoms with E-state index in [0.717, 1.165) is 10.8 Å². The van der Waals surface area contributed by atoms with Crippen LogP contribution in [0.1, 0.15) is 11.6 Å². The summed E-state index contributed by atoms with van der Waals surface area (Å²) in [7, 11) is 2.87. The average Bonchev–Trinajstić information content (AvgIpc) is 2.44. The third-order valence-corrected chi connectivity index (χ3v) is 2.92. The molecule has 2 aromatic rings. The van der Waals surface area contributed by atoms with Crippen LogP contribution in [0.3, 0.4) is 0 Å². The Kier molecular flexibility index (Phi) is 5.15. The Morgan fingerprint density at radius 1 is 1.16 bits per heavy atom. The molecule has 0 unspecified atom stereocenters. The standard InChI is InChI=1S/C14H15NO3.ClH/c1-17-11-8-7-9-5-3-4-6-10(9)12(11)13(15)14(16)18-2;/h3-8,13H,15H2,1-2H3;1H/t13-;/m1./s1. The van der Waals surface area contributed by atoms with Crippen LogP contribution < -0.4 is 10.5 Å². The van der Waals surface area contributed by atoms with Gasteiger partial charge in [-0.3, -0.25) is 4.79 Å². The normalized spacial score (nSPS) is 11.5. The van der Waals surface area contributed by atoms with E-state index in [4.69, 9.17) is 15.2 Å². The monoisotopic (exact) mass is 281 g/mol. The Bertz CT molecular complexity index is 586. The van der Waals surface area contributed by atoms with Crippen molar-refractivity contribution in [2.45, 2.75) is 6.04 Å². The Morgan fingerprint density at radius 2 is 1.84 bits per heavy atom. The maximum absolute atomic E-state index is 11.6. The van der Waals surface area contributed by atoms with Gasteiger partial charge in [0.25, 0.3) is 0 Å². The van der Waals surface area contributed by atoms with Crippen molar-refractivity contribution >= 4 is 29.1 Å². The summed E-state index contributed by atoms with van der Waals surface area (Å²) in [6.45, 7) is 0. The molecule has 0 bridgehead atoms. The lowest BCUT2D eigenvalue weighted by Gasteiger charge is -2.16. The number of nitrogens with two attached hydrogens (primary N) is 1. The maximum Gasteiger partial charge on any atom is 0.327 e. The largest absolute Gasteiger partial charge is 0.496 e. The van der Waals surface area contributed by atoms with E-state index in [2.05, 4.69) is 0 Å². The lowest BCUT2D eigenvalue weighted by molar-refractivity contribution is -0.142. The van der Waals surface area contributed by atoms with Crippen molar-refractivity contribution in [1.29, 1.82) is 0 Å². The molecule has 0 spiro atoms. The molecule has 2 aromatic carbocycles. The van der Waals surface area contributed by atoms with Gasteiger partial charge < -0.3 is 15.2 Å². The molecule has 0 saturated heterocycles. The van der Waals surface area contributed by atoms with Gasteiger partial charge in [-0.05, 0) is 16.8 Å². The quantitative estimate of drug-likeness (QED) is 0.878. The Balaban J connectivity index is 0.00000180. The van der Waals surface area contributed by atoms with Crippen molar-refractivity contribution in [3.8, 4) is 5.75 Å². The van der Waals surface area contributed by atoms with Crippen LogP contribution in [0, 0.1) is 0 Å². The summed E-state index contributed by atoms with van der Waals surface area (Å²) in [6, 6.07) is 10.6. The van der Waals surface area contributed by atoms with Gasteiger partial charge in [0, 0.05) is 5.56 Å². The summed E-state index contributed by atoms with van der Waals surface area (Å²) in [4.78, 5) is 11.6. The van der Waals surface area contributed by atoms with Crippen molar-refractivity contribution in [2.24, 2.45) is 5.73 Å². The van der Waals surface area contributed by atoms with E-state index < -0.39 is 12.0 Å². The van der Waals surface area contributed by atoms with Crippen molar-refractivity contribution in [3.05, 3.63) is 42.0 Å². The molecule has 0 aliphatic heterocycles. The molecule has 2 N–H and O–H groups in total. The number of esters is 1. The van der Waals surface area contributed by atoms with Gasteiger partial charge in [0.1, 0.15) is 11.8 Å². The van der Waals surface area contributed by atoms with E-state index >= 15 is 0 Å². The molecule has 4 nitrogen and oxygen atoms in total. The summed E-state index contributed by atoms with van der Waals surface area (Å²) in [5.41, 5.74) is 6.59. The Hall–Kier alpha value is -1.78. The first kappa shape index (κ1) is 15.3. The minimum atomic E-state index is -0.851. The summed E-state index contributed by atoms with van der Waals surface area (Å²) in [6.07, 6.45) is 0. The van der Waals surface area contributed by atoms with Crippen molar-refractivity contribution in [3.63, 3.8) is 0 Å². The number of hydrogen-bond acceptors (Lipinski definition) is 4. The van der Waals surface area contributed by atoms with Crippen LogP contribution in [0.15, 0.2) is 36.4 Å². The number of ether oxygens (including phenoxy) is 2. The molecule has 0 fully saturated rings. The summed E-state index contributed by atoms with van der Waals surface area (Å²) >= 11 is 0. The van der Waals surface area contributed by atoms with Gasteiger partial charge in [0.15, 0.2) is 0 Å². The highest BCUT2D eigenvalue weighted by molar-refractivity contribution is 5.93. The van der Waals surface area contributed by atoms with Crippen LogP contribution in [-0.2, 0) is 9.53 Å². The molecule has 0 aliphatic carbocycles. The summed E-state index contributed by atoms with van der Waals surface area (Å²) in [5.74, 6) is 0.108. The molecular weight excluding hydrogens is 266 g/mol. The summed E-state index contributed by atoms with van der Waals surface area (Å²) in [5, 5.41) is 1.91. The van der Waals surface area contributed by atoms with E-state index in [1.165, 1.54) is 7.11 Å². The number of methoxy groups -OCH3 is 2. The first-order valence-corrected chi connectivity index (χ1v) is 5.58. The van der Waals surface area contributed by atoms with Crippen molar-refractivity contribution < 1.29 is 14.3 Å². The molecule has 0 radical (unpaired) electrons. The van der Waals surface area contributed by atoms with Crippen molar-refractivity contribution in [2.75, 3.05) is 14.2 Å². The highest BCUT2D eigenvalue weighted by Crippen LogP contribution is 2.32. The minimum Gasteiger partial charge on any atom is -0.496 e. The zero-order valence-corrected chi connectivity index (χ0v) is 11.6. The van der Waals surface area contributed by atoms with Gasteiger partial charge in [-0.2, -0.15) is 0 Å². The highest BCUT2D eigenvalue weighted by atomic mass is 35.5. The van der Waals surface area contributed by atoms with E-state index in [0.29, 0.717) is 11.3 Å². The molecular formula is C14H16ClNO3. The molecule has 102 valence electrons. The first-order chi connectivity index (χ1) is 8.69. The van der Waals surface area contributed by atoms with Crippen LogP contribution in [0.4, 0.5) is 0 Å². The number of carbonyl (C=O) groups is 1. The predicted molar refractivity (Wildman–Crippen MR) is 76.7 cm³/mol. The van der Waals surface area contributed by atoms with E-state index in [1.54, 1.807) is 13.2 Å².